The lowest BCUT2D eigenvalue weighted by atomic mass is 10.1. The van der Waals surface area contributed by atoms with Crippen molar-refractivity contribution in [2.45, 2.75) is 29.5 Å². The van der Waals surface area contributed by atoms with E-state index in [9.17, 15) is 4.79 Å². The van der Waals surface area contributed by atoms with Crippen LogP contribution in [-0.2, 0) is 6.42 Å². The van der Waals surface area contributed by atoms with Gasteiger partial charge >= 0.3 is 0 Å². The second-order valence-electron chi connectivity index (χ2n) is 3.82. The van der Waals surface area contributed by atoms with Crippen molar-refractivity contribution >= 4 is 29.1 Å². The fourth-order valence-corrected chi connectivity index (χ4v) is 3.49. The summed E-state index contributed by atoms with van der Waals surface area (Å²) in [5.41, 5.74) is 0.600. The van der Waals surface area contributed by atoms with Crippen molar-refractivity contribution in [3.63, 3.8) is 0 Å². The fourth-order valence-electron chi connectivity index (χ4n) is 1.63. The number of aromatic nitrogens is 2. The van der Waals surface area contributed by atoms with E-state index in [2.05, 4.69) is 9.36 Å². The topological polar surface area (TPSA) is 52.1 Å². The van der Waals surface area contributed by atoms with E-state index in [1.54, 1.807) is 20.1 Å². The monoisotopic (exact) mass is 294 g/mol. The zero-order chi connectivity index (χ0) is 13.8. The largest absolute Gasteiger partial charge is 0.496 e. The van der Waals surface area contributed by atoms with Crippen LogP contribution in [0.25, 0.3) is 0 Å². The van der Waals surface area contributed by atoms with Crippen LogP contribution in [0.5, 0.6) is 5.75 Å². The molecule has 0 atom stereocenters. The summed E-state index contributed by atoms with van der Waals surface area (Å²) in [7, 11) is 1.57. The van der Waals surface area contributed by atoms with Crippen molar-refractivity contribution in [1.29, 1.82) is 0 Å². The third-order valence-electron chi connectivity index (χ3n) is 2.52. The van der Waals surface area contributed by atoms with Crippen LogP contribution < -0.4 is 4.74 Å². The molecular weight excluding hydrogens is 280 g/mol. The van der Waals surface area contributed by atoms with E-state index in [4.69, 9.17) is 4.74 Å². The molecule has 0 N–H and O–H groups in total. The van der Waals surface area contributed by atoms with Crippen LogP contribution in [0.3, 0.4) is 0 Å². The second kappa shape index (κ2) is 6.16. The van der Waals surface area contributed by atoms with Crippen molar-refractivity contribution in [3.8, 4) is 5.75 Å². The molecule has 0 spiro atoms. The van der Waals surface area contributed by atoms with Crippen LogP contribution in [0.4, 0.5) is 0 Å². The quantitative estimate of drug-likeness (QED) is 0.790. The number of methoxy groups -OCH3 is 1. The van der Waals surface area contributed by atoms with Crippen LogP contribution in [0.2, 0.25) is 0 Å². The maximum absolute atomic E-state index is 11.8. The summed E-state index contributed by atoms with van der Waals surface area (Å²) in [6, 6.07) is 5.56. The molecule has 1 aromatic heterocycles. The lowest BCUT2D eigenvalue weighted by molar-refractivity contribution is 0.101. The van der Waals surface area contributed by atoms with Gasteiger partial charge in [0.1, 0.15) is 11.6 Å². The first kappa shape index (κ1) is 14.0. The Kier molecular flexibility index (Phi) is 4.55. The van der Waals surface area contributed by atoms with E-state index in [1.807, 2.05) is 19.1 Å². The zero-order valence-electron chi connectivity index (χ0n) is 11.0. The number of carbonyl (C=O) groups excluding carboxylic acids is 1. The number of hydrogen-bond donors (Lipinski definition) is 0. The first-order chi connectivity index (χ1) is 9.15. The van der Waals surface area contributed by atoms with Gasteiger partial charge < -0.3 is 4.74 Å². The molecule has 0 saturated heterocycles. The lowest BCUT2D eigenvalue weighted by Gasteiger charge is -2.09. The fraction of sp³-hybridized carbons (Fsp3) is 0.308. The van der Waals surface area contributed by atoms with Gasteiger partial charge in [-0.25, -0.2) is 4.98 Å². The van der Waals surface area contributed by atoms with E-state index in [0.29, 0.717) is 11.3 Å². The van der Waals surface area contributed by atoms with Gasteiger partial charge in [0.05, 0.1) is 12.7 Å². The van der Waals surface area contributed by atoms with Crippen LogP contribution in [0.1, 0.15) is 30.0 Å². The molecule has 100 valence electrons. The summed E-state index contributed by atoms with van der Waals surface area (Å²) in [5, 5.41) is 0. The van der Waals surface area contributed by atoms with Gasteiger partial charge in [0, 0.05) is 11.3 Å². The molecule has 0 saturated carbocycles. The average Bonchev–Trinajstić information content (AvgIpc) is 2.85. The highest BCUT2D eigenvalue weighted by molar-refractivity contribution is 8.01. The SMILES string of the molecule is CCc1nsc(Sc2cccc(OC)c2C(C)=O)n1. The highest BCUT2D eigenvalue weighted by Crippen LogP contribution is 2.35. The van der Waals surface area contributed by atoms with Gasteiger partial charge in [-0.1, -0.05) is 24.8 Å². The van der Waals surface area contributed by atoms with Crippen LogP contribution >= 0.6 is 23.3 Å². The van der Waals surface area contributed by atoms with Gasteiger partial charge in [-0.3, -0.25) is 4.79 Å². The second-order valence-corrected chi connectivity index (χ2v) is 5.86. The summed E-state index contributed by atoms with van der Waals surface area (Å²) in [5.74, 6) is 1.41. The first-order valence-corrected chi connectivity index (χ1v) is 7.43. The standard InChI is InChI=1S/C13H14N2O2S2/c1-4-11-14-13(19-15-11)18-10-7-5-6-9(17-3)12(10)8(2)16/h5-7H,4H2,1-3H3. The molecule has 6 heteroatoms. The molecule has 1 heterocycles. The molecule has 0 bridgehead atoms. The molecule has 0 aliphatic carbocycles. The number of rotatable bonds is 5. The van der Waals surface area contributed by atoms with Crippen LogP contribution in [-0.4, -0.2) is 22.3 Å². The normalized spacial score (nSPS) is 10.5. The van der Waals surface area contributed by atoms with Gasteiger partial charge in [0.15, 0.2) is 10.1 Å². The molecular formula is C13H14N2O2S2. The number of ketones is 1. The number of Topliss-reactive ketones (excluding diaryl/α,β-unsaturated/α-hetero) is 1. The smallest absolute Gasteiger partial charge is 0.174 e. The number of carbonyl (C=O) groups is 1. The van der Waals surface area contributed by atoms with Gasteiger partial charge in [0.25, 0.3) is 0 Å². The number of benzene rings is 1. The maximum Gasteiger partial charge on any atom is 0.174 e. The Labute approximate surface area is 120 Å². The molecule has 0 unspecified atom stereocenters. The molecule has 0 amide bonds. The molecule has 2 aromatic rings. The van der Waals surface area contributed by atoms with E-state index in [0.717, 1.165) is 21.5 Å². The Morgan fingerprint density at radius 1 is 1.47 bits per heavy atom. The Bertz CT molecular complexity index is 596. The van der Waals surface area contributed by atoms with Crippen molar-refractivity contribution < 1.29 is 9.53 Å². The number of aryl methyl sites for hydroxylation is 1. The average molecular weight is 294 g/mol. The number of nitrogens with zero attached hydrogens (tertiary/aromatic N) is 2. The highest BCUT2D eigenvalue weighted by atomic mass is 32.2. The number of ether oxygens (including phenoxy) is 1. The minimum atomic E-state index is -0.0137. The zero-order valence-corrected chi connectivity index (χ0v) is 12.6. The lowest BCUT2D eigenvalue weighted by Crippen LogP contribution is -1.99. The molecule has 1 aromatic carbocycles. The van der Waals surface area contributed by atoms with E-state index in [1.165, 1.54) is 23.3 Å². The molecule has 0 aliphatic heterocycles. The van der Waals surface area contributed by atoms with E-state index >= 15 is 0 Å². The Hall–Kier alpha value is -1.40. The summed E-state index contributed by atoms with van der Waals surface area (Å²) >= 11 is 2.80. The van der Waals surface area contributed by atoms with E-state index < -0.39 is 0 Å². The molecule has 0 aliphatic rings. The molecule has 0 radical (unpaired) electrons. The van der Waals surface area contributed by atoms with Crippen molar-refractivity contribution in [3.05, 3.63) is 29.6 Å². The summed E-state index contributed by atoms with van der Waals surface area (Å²) in [6.07, 6.45) is 0.814. The first-order valence-electron chi connectivity index (χ1n) is 5.84. The maximum atomic E-state index is 11.8. The van der Waals surface area contributed by atoms with Gasteiger partial charge in [-0.15, -0.1) is 0 Å². The molecule has 0 fully saturated rings. The Morgan fingerprint density at radius 3 is 2.84 bits per heavy atom. The van der Waals surface area contributed by atoms with Crippen LogP contribution in [0.15, 0.2) is 27.4 Å². The van der Waals surface area contributed by atoms with Crippen molar-refractivity contribution in [2.75, 3.05) is 7.11 Å². The third kappa shape index (κ3) is 3.13. The minimum absolute atomic E-state index is 0.0137. The highest BCUT2D eigenvalue weighted by Gasteiger charge is 2.16. The Morgan fingerprint density at radius 2 is 2.26 bits per heavy atom. The summed E-state index contributed by atoms with van der Waals surface area (Å²) in [4.78, 5) is 17.0. The molecule has 4 nitrogen and oxygen atoms in total. The van der Waals surface area contributed by atoms with Gasteiger partial charge in [0.2, 0.25) is 0 Å². The van der Waals surface area contributed by atoms with Crippen molar-refractivity contribution in [2.24, 2.45) is 0 Å². The number of hydrogen-bond acceptors (Lipinski definition) is 6. The Balaban J connectivity index is 2.36. The van der Waals surface area contributed by atoms with Gasteiger partial charge in [-0.05, 0) is 30.6 Å². The van der Waals surface area contributed by atoms with E-state index in [-0.39, 0.29) is 5.78 Å². The molecule has 19 heavy (non-hydrogen) atoms. The minimum Gasteiger partial charge on any atom is -0.496 e. The van der Waals surface area contributed by atoms with Gasteiger partial charge in [-0.2, -0.15) is 4.37 Å². The summed E-state index contributed by atoms with van der Waals surface area (Å²) in [6.45, 7) is 3.56. The summed E-state index contributed by atoms with van der Waals surface area (Å²) < 4.78 is 10.3. The predicted molar refractivity (Wildman–Crippen MR) is 76.4 cm³/mol. The van der Waals surface area contributed by atoms with Crippen molar-refractivity contribution in [1.82, 2.24) is 9.36 Å². The third-order valence-corrected chi connectivity index (χ3v) is 4.37. The predicted octanol–water partition coefficient (Wildman–Crippen LogP) is 3.46. The van der Waals surface area contributed by atoms with Crippen LogP contribution in [0, 0.1) is 0 Å². The molecule has 2 rings (SSSR count).